The van der Waals surface area contributed by atoms with Crippen molar-refractivity contribution in [3.8, 4) is 0 Å². The predicted octanol–water partition coefficient (Wildman–Crippen LogP) is 2.44. The van der Waals surface area contributed by atoms with Gasteiger partial charge in [0.2, 0.25) is 0 Å². The molecule has 0 amide bonds. The Balaban J connectivity index is 3.65. The Labute approximate surface area is 83.1 Å². The van der Waals surface area contributed by atoms with Crippen molar-refractivity contribution in [3.05, 3.63) is 0 Å². The van der Waals surface area contributed by atoms with Gasteiger partial charge in [-0.05, 0) is 25.8 Å². The van der Waals surface area contributed by atoms with E-state index in [-0.39, 0.29) is 0 Å². The Bertz CT molecular complexity index is 106. The van der Waals surface area contributed by atoms with Gasteiger partial charge in [0.05, 0.1) is 0 Å². The fourth-order valence-corrected chi connectivity index (χ4v) is 1.49. The summed E-state index contributed by atoms with van der Waals surface area (Å²) in [5.74, 6) is 0.750. The molecular formula is C11H25NO. The van der Waals surface area contributed by atoms with Gasteiger partial charge in [0.25, 0.3) is 0 Å². The van der Waals surface area contributed by atoms with Crippen LogP contribution in [0.2, 0.25) is 0 Å². The molecule has 0 fully saturated rings. The maximum absolute atomic E-state index is 5.36. The van der Waals surface area contributed by atoms with Crippen LogP contribution in [0.15, 0.2) is 0 Å². The monoisotopic (exact) mass is 187 g/mol. The second kappa shape index (κ2) is 8.52. The van der Waals surface area contributed by atoms with Crippen molar-refractivity contribution in [2.24, 2.45) is 5.92 Å². The number of nitrogens with one attached hydrogen (secondary N) is 1. The van der Waals surface area contributed by atoms with Gasteiger partial charge in [-0.1, -0.05) is 27.2 Å². The van der Waals surface area contributed by atoms with E-state index in [4.69, 9.17) is 4.74 Å². The van der Waals surface area contributed by atoms with Crippen molar-refractivity contribution in [1.82, 2.24) is 5.32 Å². The maximum atomic E-state index is 5.36. The summed E-state index contributed by atoms with van der Waals surface area (Å²) < 4.78 is 5.36. The molecule has 0 saturated carbocycles. The smallest absolute Gasteiger partial charge is 0.0480 e. The number of rotatable bonds is 8. The summed E-state index contributed by atoms with van der Waals surface area (Å²) in [6.45, 7) is 11.5. The van der Waals surface area contributed by atoms with E-state index in [9.17, 15) is 0 Å². The van der Waals surface area contributed by atoms with E-state index in [1.165, 1.54) is 6.42 Å². The lowest BCUT2D eigenvalue weighted by Crippen LogP contribution is -2.35. The van der Waals surface area contributed by atoms with Crippen LogP contribution in [-0.2, 0) is 4.74 Å². The summed E-state index contributed by atoms with van der Waals surface area (Å²) in [7, 11) is 0. The van der Waals surface area contributed by atoms with Crippen LogP contribution >= 0.6 is 0 Å². The van der Waals surface area contributed by atoms with E-state index in [1.807, 2.05) is 6.92 Å². The van der Waals surface area contributed by atoms with Crippen LogP contribution in [0.5, 0.6) is 0 Å². The molecule has 13 heavy (non-hydrogen) atoms. The zero-order valence-corrected chi connectivity index (χ0v) is 9.60. The molecule has 1 N–H and O–H groups in total. The molecule has 0 aromatic rings. The van der Waals surface area contributed by atoms with Crippen LogP contribution in [0.1, 0.15) is 40.5 Å². The summed E-state index contributed by atoms with van der Waals surface area (Å²) in [6, 6.07) is 0.626. The van der Waals surface area contributed by atoms with Gasteiger partial charge >= 0.3 is 0 Å². The molecule has 0 radical (unpaired) electrons. The van der Waals surface area contributed by atoms with E-state index in [1.54, 1.807) is 0 Å². The first-order chi connectivity index (χ1) is 6.26. The van der Waals surface area contributed by atoms with Crippen molar-refractivity contribution in [1.29, 1.82) is 0 Å². The standard InChI is InChI=1S/C11H25NO/c1-5-10(4)11(12-6-2)8-9-13-7-3/h10-12H,5-9H2,1-4H3. The Morgan fingerprint density at radius 3 is 2.38 bits per heavy atom. The summed E-state index contributed by atoms with van der Waals surface area (Å²) in [5.41, 5.74) is 0. The predicted molar refractivity (Wildman–Crippen MR) is 58.0 cm³/mol. The number of ether oxygens (including phenoxy) is 1. The third-order valence-electron chi connectivity index (χ3n) is 2.57. The first-order valence-electron chi connectivity index (χ1n) is 5.57. The minimum Gasteiger partial charge on any atom is -0.382 e. The SMILES string of the molecule is CCNC(CCOCC)C(C)CC. The van der Waals surface area contributed by atoms with Crippen molar-refractivity contribution in [2.45, 2.75) is 46.6 Å². The maximum Gasteiger partial charge on any atom is 0.0480 e. The van der Waals surface area contributed by atoms with Crippen LogP contribution in [0.25, 0.3) is 0 Å². The van der Waals surface area contributed by atoms with Gasteiger partial charge in [-0.15, -0.1) is 0 Å². The minimum atomic E-state index is 0.626. The first kappa shape index (κ1) is 12.9. The fourth-order valence-electron chi connectivity index (χ4n) is 1.49. The van der Waals surface area contributed by atoms with Gasteiger partial charge in [-0.3, -0.25) is 0 Å². The summed E-state index contributed by atoms with van der Waals surface area (Å²) in [6.07, 6.45) is 2.38. The molecule has 0 aromatic carbocycles. The molecule has 2 nitrogen and oxygen atoms in total. The Morgan fingerprint density at radius 2 is 1.92 bits per heavy atom. The summed E-state index contributed by atoms with van der Waals surface area (Å²) in [5, 5.41) is 3.51. The molecule has 80 valence electrons. The first-order valence-corrected chi connectivity index (χ1v) is 5.57. The van der Waals surface area contributed by atoms with Crippen LogP contribution in [0.3, 0.4) is 0 Å². The second-order valence-corrected chi connectivity index (χ2v) is 3.54. The lowest BCUT2D eigenvalue weighted by molar-refractivity contribution is 0.129. The zero-order chi connectivity index (χ0) is 10.1. The fraction of sp³-hybridized carbons (Fsp3) is 1.00. The Morgan fingerprint density at radius 1 is 1.23 bits per heavy atom. The highest BCUT2D eigenvalue weighted by atomic mass is 16.5. The molecule has 0 aliphatic rings. The number of hydrogen-bond acceptors (Lipinski definition) is 2. The molecule has 0 aromatic heterocycles. The summed E-state index contributed by atoms with van der Waals surface area (Å²) >= 11 is 0. The normalized spacial score (nSPS) is 15.7. The van der Waals surface area contributed by atoms with E-state index in [0.29, 0.717) is 6.04 Å². The Kier molecular flexibility index (Phi) is 8.46. The highest BCUT2D eigenvalue weighted by Crippen LogP contribution is 2.10. The lowest BCUT2D eigenvalue weighted by Gasteiger charge is -2.23. The van der Waals surface area contributed by atoms with Gasteiger partial charge in [0, 0.05) is 19.3 Å². The molecule has 2 atom stereocenters. The molecular weight excluding hydrogens is 162 g/mol. The quantitative estimate of drug-likeness (QED) is 0.589. The van der Waals surface area contributed by atoms with E-state index < -0.39 is 0 Å². The lowest BCUT2D eigenvalue weighted by atomic mass is 9.97. The molecule has 0 saturated heterocycles. The topological polar surface area (TPSA) is 21.3 Å². The van der Waals surface area contributed by atoms with Gasteiger partial charge in [-0.25, -0.2) is 0 Å². The van der Waals surface area contributed by atoms with Crippen LogP contribution in [-0.4, -0.2) is 25.8 Å². The zero-order valence-electron chi connectivity index (χ0n) is 9.60. The van der Waals surface area contributed by atoms with Crippen molar-refractivity contribution in [3.63, 3.8) is 0 Å². The van der Waals surface area contributed by atoms with E-state index in [0.717, 1.165) is 32.1 Å². The Hall–Kier alpha value is -0.0800. The van der Waals surface area contributed by atoms with E-state index >= 15 is 0 Å². The third-order valence-corrected chi connectivity index (χ3v) is 2.57. The van der Waals surface area contributed by atoms with Crippen LogP contribution < -0.4 is 5.32 Å². The van der Waals surface area contributed by atoms with Crippen LogP contribution in [0, 0.1) is 5.92 Å². The summed E-state index contributed by atoms with van der Waals surface area (Å²) in [4.78, 5) is 0. The molecule has 0 rings (SSSR count). The molecule has 0 heterocycles. The van der Waals surface area contributed by atoms with Gasteiger partial charge < -0.3 is 10.1 Å². The van der Waals surface area contributed by atoms with Crippen LogP contribution in [0.4, 0.5) is 0 Å². The second-order valence-electron chi connectivity index (χ2n) is 3.54. The highest BCUT2D eigenvalue weighted by Gasteiger charge is 2.13. The largest absolute Gasteiger partial charge is 0.382 e. The average molecular weight is 187 g/mol. The minimum absolute atomic E-state index is 0.626. The van der Waals surface area contributed by atoms with Crippen molar-refractivity contribution >= 4 is 0 Å². The number of hydrogen-bond donors (Lipinski definition) is 1. The molecule has 0 aliphatic carbocycles. The average Bonchev–Trinajstić information content (AvgIpc) is 2.16. The molecule has 0 aliphatic heterocycles. The molecule has 2 heteroatoms. The van der Waals surface area contributed by atoms with Gasteiger partial charge in [-0.2, -0.15) is 0 Å². The molecule has 2 unspecified atom stereocenters. The molecule has 0 bridgehead atoms. The molecule has 0 spiro atoms. The van der Waals surface area contributed by atoms with Crippen molar-refractivity contribution in [2.75, 3.05) is 19.8 Å². The van der Waals surface area contributed by atoms with Gasteiger partial charge in [0.15, 0.2) is 0 Å². The van der Waals surface area contributed by atoms with Gasteiger partial charge in [0.1, 0.15) is 0 Å². The van der Waals surface area contributed by atoms with Crippen molar-refractivity contribution < 1.29 is 4.74 Å². The highest BCUT2D eigenvalue weighted by molar-refractivity contribution is 4.71. The third kappa shape index (κ3) is 6.05. The van der Waals surface area contributed by atoms with E-state index in [2.05, 4.69) is 26.1 Å².